The smallest absolute Gasteiger partial charge is 0.409 e. The fourth-order valence-electron chi connectivity index (χ4n) is 1.71. The van der Waals surface area contributed by atoms with Gasteiger partial charge in [-0.2, -0.15) is 0 Å². The number of anilines is 1. The summed E-state index contributed by atoms with van der Waals surface area (Å²) in [4.78, 5) is 13.0. The number of amides is 1. The molecule has 2 heterocycles. The van der Waals surface area contributed by atoms with Crippen molar-refractivity contribution < 1.29 is 14.1 Å². The molecule has 1 amide bonds. The topological polar surface area (TPSA) is 93.6 Å². The average molecular weight is 226 g/mol. The molecule has 1 aromatic heterocycles. The molecule has 1 atom stereocenters. The van der Waals surface area contributed by atoms with Crippen LogP contribution in [-0.2, 0) is 4.74 Å². The second kappa shape index (κ2) is 4.40. The maximum absolute atomic E-state index is 11.4. The van der Waals surface area contributed by atoms with Gasteiger partial charge in [-0.15, -0.1) is 0 Å². The largest absolute Gasteiger partial charge is 0.453 e. The van der Waals surface area contributed by atoms with Gasteiger partial charge in [-0.05, 0) is 0 Å². The maximum atomic E-state index is 11.4. The van der Waals surface area contributed by atoms with Crippen molar-refractivity contribution >= 4 is 12.0 Å². The summed E-state index contributed by atoms with van der Waals surface area (Å²) in [7, 11) is 1.37. The summed E-state index contributed by atoms with van der Waals surface area (Å²) >= 11 is 0. The van der Waals surface area contributed by atoms with Crippen molar-refractivity contribution in [2.45, 2.75) is 6.04 Å². The zero-order chi connectivity index (χ0) is 11.5. The number of aromatic nitrogens is 1. The molecule has 1 unspecified atom stereocenters. The van der Waals surface area contributed by atoms with Gasteiger partial charge < -0.3 is 25.2 Å². The summed E-state index contributed by atoms with van der Waals surface area (Å²) in [5.41, 5.74) is 6.14. The van der Waals surface area contributed by atoms with Crippen molar-refractivity contribution in [1.82, 2.24) is 15.4 Å². The van der Waals surface area contributed by atoms with Crippen molar-refractivity contribution in [3.63, 3.8) is 0 Å². The van der Waals surface area contributed by atoms with Crippen LogP contribution in [0, 0.1) is 0 Å². The van der Waals surface area contributed by atoms with Crippen molar-refractivity contribution in [3.8, 4) is 0 Å². The standard InChI is InChI=1S/C9H14N4O3/c1-15-9(14)13-3-2-11-7(5-13)6-4-8(10)16-12-6/h4,7,11H,2-3,5,10H2,1H3. The van der Waals surface area contributed by atoms with E-state index in [1.807, 2.05) is 0 Å². The molecule has 1 aromatic rings. The number of piperazine rings is 1. The zero-order valence-electron chi connectivity index (χ0n) is 8.97. The number of nitrogens with zero attached hydrogens (tertiary/aromatic N) is 2. The van der Waals surface area contributed by atoms with Crippen LogP contribution in [0.3, 0.4) is 0 Å². The Balaban J connectivity index is 2.04. The predicted molar refractivity (Wildman–Crippen MR) is 55.6 cm³/mol. The normalized spacial score (nSPS) is 20.8. The van der Waals surface area contributed by atoms with Gasteiger partial charge in [-0.25, -0.2) is 4.79 Å². The first kappa shape index (κ1) is 10.7. The third kappa shape index (κ3) is 2.08. The van der Waals surface area contributed by atoms with E-state index in [1.54, 1.807) is 11.0 Å². The number of rotatable bonds is 1. The zero-order valence-corrected chi connectivity index (χ0v) is 8.97. The predicted octanol–water partition coefficient (Wildman–Crippen LogP) is -0.0305. The molecule has 1 aliphatic heterocycles. The lowest BCUT2D eigenvalue weighted by Gasteiger charge is -2.31. The van der Waals surface area contributed by atoms with E-state index in [0.29, 0.717) is 25.3 Å². The summed E-state index contributed by atoms with van der Waals surface area (Å²) < 4.78 is 9.46. The van der Waals surface area contributed by atoms with E-state index in [1.165, 1.54) is 7.11 Å². The van der Waals surface area contributed by atoms with E-state index in [2.05, 4.69) is 15.2 Å². The Morgan fingerprint density at radius 1 is 1.81 bits per heavy atom. The Hall–Kier alpha value is -1.76. The monoisotopic (exact) mass is 226 g/mol. The second-order valence-corrected chi connectivity index (χ2v) is 3.58. The van der Waals surface area contributed by atoms with E-state index < -0.39 is 0 Å². The first-order chi connectivity index (χ1) is 7.70. The number of carbonyl (C=O) groups is 1. The molecule has 3 N–H and O–H groups in total. The van der Waals surface area contributed by atoms with Gasteiger partial charge >= 0.3 is 6.09 Å². The van der Waals surface area contributed by atoms with Crippen LogP contribution < -0.4 is 11.1 Å². The minimum atomic E-state index is -0.331. The van der Waals surface area contributed by atoms with Gasteiger partial charge in [0.25, 0.3) is 0 Å². The first-order valence-corrected chi connectivity index (χ1v) is 4.99. The molecule has 1 fully saturated rings. The molecular weight excluding hydrogens is 212 g/mol. The molecule has 0 aliphatic carbocycles. The van der Waals surface area contributed by atoms with Crippen molar-refractivity contribution in [3.05, 3.63) is 11.8 Å². The number of nitrogen functional groups attached to an aromatic ring is 1. The molecule has 0 saturated carbocycles. The molecular formula is C9H14N4O3. The van der Waals surface area contributed by atoms with Gasteiger partial charge in [0.15, 0.2) is 0 Å². The van der Waals surface area contributed by atoms with Crippen LogP contribution in [0.4, 0.5) is 10.7 Å². The van der Waals surface area contributed by atoms with Gasteiger partial charge in [0.05, 0.1) is 13.2 Å². The number of hydrogen-bond acceptors (Lipinski definition) is 6. The quantitative estimate of drug-likeness (QED) is 0.698. The third-order valence-corrected chi connectivity index (χ3v) is 2.51. The number of nitrogens with one attached hydrogen (secondary N) is 1. The van der Waals surface area contributed by atoms with E-state index in [4.69, 9.17) is 10.3 Å². The fourth-order valence-corrected chi connectivity index (χ4v) is 1.71. The van der Waals surface area contributed by atoms with Gasteiger partial charge in [-0.3, -0.25) is 0 Å². The summed E-state index contributed by atoms with van der Waals surface area (Å²) in [6.07, 6.45) is -0.331. The fraction of sp³-hybridized carbons (Fsp3) is 0.556. The molecule has 0 radical (unpaired) electrons. The number of ether oxygens (including phenoxy) is 1. The Labute approximate surface area is 92.5 Å². The lowest BCUT2D eigenvalue weighted by Crippen LogP contribution is -2.48. The van der Waals surface area contributed by atoms with E-state index >= 15 is 0 Å². The maximum Gasteiger partial charge on any atom is 0.409 e. The highest BCUT2D eigenvalue weighted by atomic mass is 16.5. The number of methoxy groups -OCH3 is 1. The highest BCUT2D eigenvalue weighted by molar-refractivity contribution is 5.67. The minimum absolute atomic E-state index is 0.0612. The first-order valence-electron chi connectivity index (χ1n) is 4.99. The van der Waals surface area contributed by atoms with Crippen molar-refractivity contribution in [1.29, 1.82) is 0 Å². The highest BCUT2D eigenvalue weighted by Gasteiger charge is 2.26. The average Bonchev–Trinajstić information content (AvgIpc) is 2.75. The van der Waals surface area contributed by atoms with E-state index in [-0.39, 0.29) is 18.0 Å². The molecule has 7 heteroatoms. The molecule has 1 saturated heterocycles. The number of carbonyl (C=O) groups excluding carboxylic acids is 1. The SMILES string of the molecule is COC(=O)N1CCNC(c2cc(N)on2)C1. The molecule has 0 aromatic carbocycles. The summed E-state index contributed by atoms with van der Waals surface area (Å²) in [5, 5.41) is 7.05. The molecule has 2 rings (SSSR count). The van der Waals surface area contributed by atoms with E-state index in [0.717, 1.165) is 0 Å². The van der Waals surface area contributed by atoms with Gasteiger partial charge in [-0.1, -0.05) is 5.16 Å². The van der Waals surface area contributed by atoms with Crippen LogP contribution in [0.2, 0.25) is 0 Å². The van der Waals surface area contributed by atoms with Gasteiger partial charge in [0, 0.05) is 25.7 Å². The van der Waals surface area contributed by atoms with Crippen LogP contribution in [0.1, 0.15) is 11.7 Å². The summed E-state index contributed by atoms with van der Waals surface area (Å²) in [6.45, 7) is 1.81. The molecule has 16 heavy (non-hydrogen) atoms. The molecule has 0 bridgehead atoms. The van der Waals surface area contributed by atoms with Crippen molar-refractivity contribution in [2.24, 2.45) is 0 Å². The van der Waals surface area contributed by atoms with Crippen LogP contribution in [0.25, 0.3) is 0 Å². The molecule has 7 nitrogen and oxygen atoms in total. The summed E-state index contributed by atoms with van der Waals surface area (Å²) in [6, 6.07) is 1.59. The van der Waals surface area contributed by atoms with Crippen LogP contribution in [0.15, 0.2) is 10.6 Å². The Bertz CT molecular complexity index is 379. The molecule has 1 aliphatic rings. The number of hydrogen-bond donors (Lipinski definition) is 2. The Morgan fingerprint density at radius 3 is 3.25 bits per heavy atom. The van der Waals surface area contributed by atoms with Gasteiger partial charge in [0.2, 0.25) is 5.88 Å². The van der Waals surface area contributed by atoms with E-state index in [9.17, 15) is 4.79 Å². The van der Waals surface area contributed by atoms with Crippen LogP contribution >= 0.6 is 0 Å². The molecule has 0 spiro atoms. The lowest BCUT2D eigenvalue weighted by molar-refractivity contribution is 0.109. The van der Waals surface area contributed by atoms with Crippen LogP contribution in [0.5, 0.6) is 0 Å². The summed E-state index contributed by atoms with van der Waals surface area (Å²) in [5.74, 6) is 0.270. The Kier molecular flexibility index (Phi) is 2.95. The Morgan fingerprint density at radius 2 is 2.62 bits per heavy atom. The van der Waals surface area contributed by atoms with Crippen LogP contribution in [-0.4, -0.2) is 42.9 Å². The lowest BCUT2D eigenvalue weighted by atomic mass is 10.1. The van der Waals surface area contributed by atoms with Crippen molar-refractivity contribution in [2.75, 3.05) is 32.5 Å². The number of nitrogens with two attached hydrogens (primary N) is 1. The molecule has 88 valence electrons. The third-order valence-electron chi connectivity index (χ3n) is 2.51. The minimum Gasteiger partial charge on any atom is -0.453 e. The highest BCUT2D eigenvalue weighted by Crippen LogP contribution is 2.18. The second-order valence-electron chi connectivity index (χ2n) is 3.58. The van der Waals surface area contributed by atoms with Gasteiger partial charge in [0.1, 0.15) is 5.69 Å².